The highest BCUT2D eigenvalue weighted by Gasteiger charge is 2.15. The smallest absolute Gasteiger partial charge is 0.326 e. The van der Waals surface area contributed by atoms with E-state index in [1.54, 1.807) is 53.1 Å². The summed E-state index contributed by atoms with van der Waals surface area (Å²) >= 11 is 5.95. The number of hydrogen-bond acceptors (Lipinski definition) is 5. The van der Waals surface area contributed by atoms with E-state index in [4.69, 9.17) is 21.6 Å². The Labute approximate surface area is 187 Å². The predicted octanol–water partition coefficient (Wildman–Crippen LogP) is 3.86. The van der Waals surface area contributed by atoms with Crippen LogP contribution >= 0.6 is 11.6 Å². The zero-order valence-corrected chi connectivity index (χ0v) is 17.4. The van der Waals surface area contributed by atoms with E-state index in [1.165, 1.54) is 18.2 Å². The number of carbonyl (C=O) groups is 2. The monoisotopic (exact) mass is 445 g/mol. The Balaban J connectivity index is 1.50. The standard InChI is InChI=1S/C24H16ClN3O4/c25-19-11-16(10-9-15(19)12-26)27-22(29)14-32-23(30)13-28-20-7-3-1-5-17(20)24(31)18-6-2-4-8-21(18)28/h1-11H,13-14H2,(H,27,29). The molecule has 0 radical (unpaired) electrons. The first-order chi connectivity index (χ1) is 15.5. The first kappa shape index (κ1) is 21.1. The van der Waals surface area contributed by atoms with Gasteiger partial charge in [-0.1, -0.05) is 35.9 Å². The van der Waals surface area contributed by atoms with Gasteiger partial charge in [-0.15, -0.1) is 0 Å². The number of para-hydroxylation sites is 2. The van der Waals surface area contributed by atoms with Gasteiger partial charge in [0.2, 0.25) is 0 Å². The van der Waals surface area contributed by atoms with E-state index >= 15 is 0 Å². The average molecular weight is 446 g/mol. The number of benzene rings is 3. The second-order valence-corrected chi connectivity index (χ2v) is 7.37. The van der Waals surface area contributed by atoms with Gasteiger partial charge in [0.15, 0.2) is 12.0 Å². The van der Waals surface area contributed by atoms with Gasteiger partial charge in [0.05, 0.1) is 21.6 Å². The van der Waals surface area contributed by atoms with Crippen molar-refractivity contribution in [1.82, 2.24) is 4.57 Å². The Morgan fingerprint density at radius 3 is 2.22 bits per heavy atom. The Hall–Kier alpha value is -4.15. The molecule has 0 spiro atoms. The number of esters is 1. The summed E-state index contributed by atoms with van der Waals surface area (Å²) in [4.78, 5) is 37.5. The van der Waals surface area contributed by atoms with Crippen molar-refractivity contribution in [2.24, 2.45) is 0 Å². The molecule has 158 valence electrons. The third kappa shape index (κ3) is 4.17. The van der Waals surface area contributed by atoms with Crippen LogP contribution in [0.15, 0.2) is 71.5 Å². The molecular weight excluding hydrogens is 430 g/mol. The fourth-order valence-electron chi connectivity index (χ4n) is 3.45. The minimum absolute atomic E-state index is 0.110. The van der Waals surface area contributed by atoms with Crippen molar-refractivity contribution in [2.75, 3.05) is 11.9 Å². The number of nitrogens with zero attached hydrogens (tertiary/aromatic N) is 2. The zero-order valence-electron chi connectivity index (χ0n) is 16.7. The molecule has 3 aromatic carbocycles. The molecule has 4 aromatic rings. The van der Waals surface area contributed by atoms with Crippen LogP contribution in [0, 0.1) is 11.3 Å². The number of fused-ring (bicyclic) bond motifs is 2. The molecule has 1 aromatic heterocycles. The molecule has 0 aliphatic carbocycles. The molecule has 0 saturated heterocycles. The highest BCUT2D eigenvalue weighted by molar-refractivity contribution is 6.32. The van der Waals surface area contributed by atoms with Crippen LogP contribution in [0.4, 0.5) is 5.69 Å². The molecule has 32 heavy (non-hydrogen) atoms. The molecule has 1 amide bonds. The Kier molecular flexibility index (Phi) is 5.88. The van der Waals surface area contributed by atoms with E-state index in [2.05, 4.69) is 5.32 Å². The van der Waals surface area contributed by atoms with Gasteiger partial charge in [-0.3, -0.25) is 14.4 Å². The fourth-order valence-corrected chi connectivity index (χ4v) is 3.67. The lowest BCUT2D eigenvalue weighted by atomic mass is 10.1. The number of pyridine rings is 1. The molecule has 0 saturated carbocycles. The number of amides is 1. The van der Waals surface area contributed by atoms with E-state index in [-0.39, 0.29) is 22.6 Å². The summed E-state index contributed by atoms with van der Waals surface area (Å²) in [5.41, 5.74) is 1.76. The van der Waals surface area contributed by atoms with Crippen LogP contribution in [-0.2, 0) is 20.9 Å². The second-order valence-electron chi connectivity index (χ2n) is 6.96. The predicted molar refractivity (Wildman–Crippen MR) is 121 cm³/mol. The van der Waals surface area contributed by atoms with Gasteiger partial charge in [-0.25, -0.2) is 0 Å². The van der Waals surface area contributed by atoms with Crippen LogP contribution < -0.4 is 10.7 Å². The SMILES string of the molecule is N#Cc1ccc(NC(=O)COC(=O)Cn2c3ccccc3c(=O)c3ccccc32)cc1Cl. The summed E-state index contributed by atoms with van der Waals surface area (Å²) in [6.07, 6.45) is 0. The summed E-state index contributed by atoms with van der Waals surface area (Å²) in [7, 11) is 0. The quantitative estimate of drug-likeness (QED) is 0.371. The van der Waals surface area contributed by atoms with Crippen molar-refractivity contribution in [1.29, 1.82) is 5.26 Å². The number of carbonyl (C=O) groups excluding carboxylic acids is 2. The minimum Gasteiger partial charge on any atom is -0.454 e. The van der Waals surface area contributed by atoms with Gasteiger partial charge in [0, 0.05) is 16.5 Å². The van der Waals surface area contributed by atoms with Crippen LogP contribution in [0.3, 0.4) is 0 Å². The van der Waals surface area contributed by atoms with Gasteiger partial charge in [-0.05, 0) is 42.5 Å². The number of hydrogen-bond donors (Lipinski definition) is 1. The van der Waals surface area contributed by atoms with Gasteiger partial charge in [0.1, 0.15) is 12.6 Å². The van der Waals surface area contributed by atoms with Crippen molar-refractivity contribution in [3.05, 3.63) is 87.5 Å². The van der Waals surface area contributed by atoms with Gasteiger partial charge >= 0.3 is 5.97 Å². The number of halogens is 1. The van der Waals surface area contributed by atoms with E-state index in [0.29, 0.717) is 27.5 Å². The Bertz CT molecular complexity index is 1410. The maximum atomic E-state index is 12.8. The van der Waals surface area contributed by atoms with Crippen LogP contribution in [0.1, 0.15) is 5.56 Å². The normalized spacial score (nSPS) is 10.6. The number of aromatic nitrogens is 1. The molecule has 7 nitrogen and oxygen atoms in total. The Morgan fingerprint density at radius 2 is 1.62 bits per heavy atom. The molecule has 4 rings (SSSR count). The summed E-state index contributed by atoms with van der Waals surface area (Å²) in [6.45, 7) is -0.663. The molecular formula is C24H16ClN3O4. The first-order valence-electron chi connectivity index (χ1n) is 9.63. The van der Waals surface area contributed by atoms with E-state index < -0.39 is 18.5 Å². The largest absolute Gasteiger partial charge is 0.454 e. The van der Waals surface area contributed by atoms with Gasteiger partial charge in [-0.2, -0.15) is 5.26 Å². The number of nitrogens with one attached hydrogen (secondary N) is 1. The number of nitriles is 1. The van der Waals surface area contributed by atoms with Crippen molar-refractivity contribution in [3.8, 4) is 6.07 Å². The van der Waals surface area contributed by atoms with Crippen molar-refractivity contribution in [3.63, 3.8) is 0 Å². The lowest BCUT2D eigenvalue weighted by molar-refractivity contribution is -0.147. The van der Waals surface area contributed by atoms with E-state index in [1.807, 2.05) is 6.07 Å². The summed E-state index contributed by atoms with van der Waals surface area (Å²) in [6, 6.07) is 20.4. The van der Waals surface area contributed by atoms with E-state index in [9.17, 15) is 14.4 Å². The fraction of sp³-hybridized carbons (Fsp3) is 0.0833. The molecule has 0 atom stereocenters. The highest BCUT2D eigenvalue weighted by atomic mass is 35.5. The second kappa shape index (κ2) is 8.92. The van der Waals surface area contributed by atoms with Crippen molar-refractivity contribution < 1.29 is 14.3 Å². The molecule has 0 aliphatic heterocycles. The number of anilines is 1. The molecule has 0 fully saturated rings. The Morgan fingerprint density at radius 1 is 1.00 bits per heavy atom. The molecule has 0 unspecified atom stereocenters. The maximum Gasteiger partial charge on any atom is 0.326 e. The molecule has 0 aliphatic rings. The maximum absolute atomic E-state index is 12.8. The number of rotatable bonds is 5. The zero-order chi connectivity index (χ0) is 22.7. The topological polar surface area (TPSA) is 101 Å². The summed E-state index contributed by atoms with van der Waals surface area (Å²) in [5, 5.41) is 12.7. The lowest BCUT2D eigenvalue weighted by Gasteiger charge is -2.14. The van der Waals surface area contributed by atoms with Gasteiger partial charge in [0.25, 0.3) is 5.91 Å². The van der Waals surface area contributed by atoms with E-state index in [0.717, 1.165) is 0 Å². The van der Waals surface area contributed by atoms with Crippen LogP contribution in [0.2, 0.25) is 5.02 Å². The number of ether oxygens (including phenoxy) is 1. The van der Waals surface area contributed by atoms with Crippen molar-refractivity contribution >= 4 is 51.0 Å². The highest BCUT2D eigenvalue weighted by Crippen LogP contribution is 2.21. The first-order valence-corrected chi connectivity index (χ1v) is 10.0. The summed E-state index contributed by atoms with van der Waals surface area (Å²) < 4.78 is 6.85. The molecule has 0 bridgehead atoms. The average Bonchev–Trinajstić information content (AvgIpc) is 2.80. The molecule has 1 heterocycles. The lowest BCUT2D eigenvalue weighted by Crippen LogP contribution is -2.24. The minimum atomic E-state index is -0.628. The van der Waals surface area contributed by atoms with Crippen LogP contribution in [0.25, 0.3) is 21.8 Å². The summed E-state index contributed by atoms with van der Waals surface area (Å²) in [5.74, 6) is -1.18. The van der Waals surface area contributed by atoms with Crippen LogP contribution in [-0.4, -0.2) is 23.1 Å². The van der Waals surface area contributed by atoms with Crippen LogP contribution in [0.5, 0.6) is 0 Å². The van der Waals surface area contributed by atoms with Gasteiger partial charge < -0.3 is 14.6 Å². The third-order valence-corrected chi connectivity index (χ3v) is 5.22. The van der Waals surface area contributed by atoms with Crippen molar-refractivity contribution in [2.45, 2.75) is 6.54 Å². The molecule has 1 N–H and O–H groups in total. The molecule has 8 heteroatoms. The third-order valence-electron chi connectivity index (χ3n) is 4.90.